The van der Waals surface area contributed by atoms with Crippen molar-refractivity contribution in [3.8, 4) is 11.5 Å². The van der Waals surface area contributed by atoms with E-state index >= 15 is 0 Å². The number of benzene rings is 1. The molecule has 4 rings (SSSR count). The molecule has 1 fully saturated rings. The molecular weight excluding hydrogens is 406 g/mol. The fraction of sp³-hybridized carbons (Fsp3) is 0.143. The molecular formula is C21H17N3O5S. The summed E-state index contributed by atoms with van der Waals surface area (Å²) >= 11 is 1.22. The maximum Gasteiger partial charge on any atom is 0.301 e. The highest BCUT2D eigenvalue weighted by atomic mass is 32.1. The first kappa shape index (κ1) is 19.6. The smallest absolute Gasteiger partial charge is 0.301 e. The van der Waals surface area contributed by atoms with Gasteiger partial charge in [-0.05, 0) is 23.8 Å². The highest BCUT2D eigenvalue weighted by molar-refractivity contribution is 7.14. The van der Waals surface area contributed by atoms with Gasteiger partial charge in [0.2, 0.25) is 0 Å². The van der Waals surface area contributed by atoms with Crippen LogP contribution in [0.2, 0.25) is 0 Å². The molecule has 1 saturated heterocycles. The van der Waals surface area contributed by atoms with Gasteiger partial charge in [-0.15, -0.1) is 11.3 Å². The van der Waals surface area contributed by atoms with Gasteiger partial charge in [0.15, 0.2) is 5.13 Å². The number of hydrogen-bond acceptors (Lipinski definition) is 8. The fourth-order valence-electron chi connectivity index (χ4n) is 3.36. The van der Waals surface area contributed by atoms with Crippen LogP contribution in [0.25, 0.3) is 5.76 Å². The van der Waals surface area contributed by atoms with Crippen molar-refractivity contribution in [3.05, 3.63) is 71.0 Å². The van der Waals surface area contributed by atoms with Crippen LogP contribution in [0, 0.1) is 0 Å². The number of amides is 1. The van der Waals surface area contributed by atoms with E-state index in [1.54, 1.807) is 54.3 Å². The maximum absolute atomic E-state index is 13.0. The van der Waals surface area contributed by atoms with Crippen LogP contribution in [0.1, 0.15) is 17.2 Å². The summed E-state index contributed by atoms with van der Waals surface area (Å²) in [4.78, 5) is 35.5. The van der Waals surface area contributed by atoms with E-state index < -0.39 is 17.7 Å². The van der Waals surface area contributed by atoms with Gasteiger partial charge in [0.25, 0.3) is 5.78 Å². The minimum atomic E-state index is -0.878. The van der Waals surface area contributed by atoms with Crippen LogP contribution in [-0.2, 0) is 9.59 Å². The van der Waals surface area contributed by atoms with Crippen LogP contribution in [0.5, 0.6) is 11.5 Å². The number of hydrogen-bond donors (Lipinski definition) is 1. The number of nitrogens with zero attached hydrogens (tertiary/aromatic N) is 3. The van der Waals surface area contributed by atoms with E-state index in [0.29, 0.717) is 22.2 Å². The minimum Gasteiger partial charge on any atom is -0.507 e. The largest absolute Gasteiger partial charge is 0.507 e. The summed E-state index contributed by atoms with van der Waals surface area (Å²) in [6.07, 6.45) is 4.69. The molecule has 3 aromatic rings. The lowest BCUT2D eigenvalue weighted by molar-refractivity contribution is -0.132. The maximum atomic E-state index is 13.0. The lowest BCUT2D eigenvalue weighted by Crippen LogP contribution is -2.29. The lowest BCUT2D eigenvalue weighted by atomic mass is 9.96. The summed E-state index contributed by atoms with van der Waals surface area (Å²) in [7, 11) is 2.95. The van der Waals surface area contributed by atoms with E-state index in [-0.39, 0.29) is 16.9 Å². The van der Waals surface area contributed by atoms with Crippen molar-refractivity contribution in [1.29, 1.82) is 0 Å². The van der Waals surface area contributed by atoms with Gasteiger partial charge < -0.3 is 14.6 Å². The highest BCUT2D eigenvalue weighted by Gasteiger charge is 2.48. The summed E-state index contributed by atoms with van der Waals surface area (Å²) in [6.45, 7) is 0. The first-order valence-electron chi connectivity index (χ1n) is 8.89. The highest BCUT2D eigenvalue weighted by Crippen LogP contribution is 2.43. The third kappa shape index (κ3) is 3.18. The number of ether oxygens (including phenoxy) is 2. The number of methoxy groups -OCH3 is 2. The van der Waals surface area contributed by atoms with E-state index in [1.807, 2.05) is 0 Å². The van der Waals surface area contributed by atoms with Gasteiger partial charge in [0.05, 0.1) is 31.4 Å². The fourth-order valence-corrected chi connectivity index (χ4v) is 4.02. The van der Waals surface area contributed by atoms with E-state index in [9.17, 15) is 14.7 Å². The Balaban J connectivity index is 1.95. The van der Waals surface area contributed by atoms with Crippen molar-refractivity contribution >= 4 is 33.9 Å². The standard InChI is InChI=1S/C21H17N3O5S/c1-28-13-5-6-14(15(10-13)29-2)18(25)16-17(12-4-3-7-22-11-12)24(20(27)19(16)26)21-23-8-9-30-21/h3-11,17,25H,1-2H3. The number of aliphatic hydroxyl groups excluding tert-OH is 1. The normalized spacial score (nSPS) is 17.9. The quantitative estimate of drug-likeness (QED) is 0.382. The molecule has 1 atom stereocenters. The summed E-state index contributed by atoms with van der Waals surface area (Å²) in [6, 6.07) is 7.35. The molecule has 1 N–H and O–H groups in total. The van der Waals surface area contributed by atoms with Gasteiger partial charge >= 0.3 is 5.91 Å². The molecule has 0 bridgehead atoms. The SMILES string of the molecule is COc1ccc(C(O)=C2C(=O)C(=O)N(c3nccs3)C2c2cccnc2)c(OC)c1. The number of carbonyl (C=O) groups excluding carboxylic acids is 2. The van der Waals surface area contributed by atoms with Crippen LogP contribution in [0.4, 0.5) is 5.13 Å². The molecule has 0 saturated carbocycles. The average Bonchev–Trinajstić information content (AvgIpc) is 3.40. The van der Waals surface area contributed by atoms with Crippen molar-refractivity contribution in [3.63, 3.8) is 0 Å². The Morgan fingerprint density at radius 1 is 1.17 bits per heavy atom. The molecule has 0 spiro atoms. The van der Waals surface area contributed by atoms with Gasteiger partial charge in [-0.3, -0.25) is 19.5 Å². The van der Waals surface area contributed by atoms with E-state index in [2.05, 4.69) is 9.97 Å². The Labute approximate surface area is 176 Å². The van der Waals surface area contributed by atoms with Crippen molar-refractivity contribution < 1.29 is 24.2 Å². The molecule has 2 aromatic heterocycles. The molecule has 1 aliphatic rings. The second-order valence-corrected chi connectivity index (χ2v) is 7.21. The zero-order valence-corrected chi connectivity index (χ0v) is 16.9. The number of Topliss-reactive ketones (excluding diaryl/α,β-unsaturated/α-hetero) is 1. The van der Waals surface area contributed by atoms with Crippen LogP contribution < -0.4 is 14.4 Å². The van der Waals surface area contributed by atoms with Crippen LogP contribution in [0.3, 0.4) is 0 Å². The van der Waals surface area contributed by atoms with Gasteiger partial charge in [-0.2, -0.15) is 0 Å². The molecule has 1 aliphatic heterocycles. The van der Waals surface area contributed by atoms with Crippen molar-refractivity contribution in [1.82, 2.24) is 9.97 Å². The Hall–Kier alpha value is -3.72. The second kappa shape index (κ2) is 7.96. The summed E-state index contributed by atoms with van der Waals surface area (Å²) in [5.74, 6) is -1.10. The molecule has 152 valence electrons. The molecule has 1 amide bonds. The van der Waals surface area contributed by atoms with Crippen LogP contribution in [-0.4, -0.2) is 41.0 Å². The molecule has 9 heteroatoms. The Kier molecular flexibility index (Phi) is 5.20. The topological polar surface area (TPSA) is 102 Å². The zero-order chi connectivity index (χ0) is 21.3. The average molecular weight is 423 g/mol. The first-order chi connectivity index (χ1) is 14.6. The Morgan fingerprint density at radius 3 is 2.63 bits per heavy atom. The predicted molar refractivity (Wildman–Crippen MR) is 111 cm³/mol. The minimum absolute atomic E-state index is 0.0633. The predicted octanol–water partition coefficient (Wildman–Crippen LogP) is 3.18. The first-order valence-corrected chi connectivity index (χ1v) is 9.77. The number of pyridine rings is 1. The third-order valence-corrected chi connectivity index (χ3v) is 5.50. The van der Waals surface area contributed by atoms with Gasteiger partial charge in [0, 0.05) is 30.0 Å². The van der Waals surface area contributed by atoms with Gasteiger partial charge in [-0.25, -0.2) is 4.98 Å². The molecule has 1 aromatic carbocycles. The van der Waals surface area contributed by atoms with Crippen molar-refractivity contribution in [2.45, 2.75) is 6.04 Å². The van der Waals surface area contributed by atoms with E-state index in [0.717, 1.165) is 0 Å². The molecule has 0 radical (unpaired) electrons. The lowest BCUT2D eigenvalue weighted by Gasteiger charge is -2.22. The number of anilines is 1. The van der Waals surface area contributed by atoms with E-state index in [1.165, 1.54) is 30.5 Å². The number of aromatic nitrogens is 2. The summed E-state index contributed by atoms with van der Waals surface area (Å²) in [5.41, 5.74) is 0.775. The Bertz CT molecular complexity index is 1130. The second-order valence-electron chi connectivity index (χ2n) is 6.34. The van der Waals surface area contributed by atoms with Gasteiger partial charge in [-0.1, -0.05) is 6.07 Å². The van der Waals surface area contributed by atoms with Gasteiger partial charge in [0.1, 0.15) is 17.3 Å². The van der Waals surface area contributed by atoms with Crippen LogP contribution in [0.15, 0.2) is 59.9 Å². The van der Waals surface area contributed by atoms with Crippen molar-refractivity contribution in [2.75, 3.05) is 19.1 Å². The third-order valence-electron chi connectivity index (χ3n) is 4.73. The number of carbonyl (C=O) groups is 2. The molecule has 1 unspecified atom stereocenters. The molecule has 8 nitrogen and oxygen atoms in total. The zero-order valence-electron chi connectivity index (χ0n) is 16.1. The molecule has 30 heavy (non-hydrogen) atoms. The number of ketones is 1. The molecule has 3 heterocycles. The monoisotopic (exact) mass is 423 g/mol. The number of aliphatic hydroxyl groups is 1. The number of thiazole rings is 1. The van der Waals surface area contributed by atoms with E-state index in [4.69, 9.17) is 9.47 Å². The summed E-state index contributed by atoms with van der Waals surface area (Å²) < 4.78 is 10.6. The Morgan fingerprint density at radius 2 is 2.00 bits per heavy atom. The van der Waals surface area contributed by atoms with Crippen molar-refractivity contribution in [2.24, 2.45) is 0 Å². The van der Waals surface area contributed by atoms with Crippen LogP contribution >= 0.6 is 11.3 Å². The summed E-state index contributed by atoms with van der Waals surface area (Å²) in [5, 5.41) is 13.2. The number of rotatable bonds is 5. The molecule has 0 aliphatic carbocycles.